The maximum atomic E-state index is 12.3. The van der Waals surface area contributed by atoms with Crippen LogP contribution >= 0.6 is 0 Å². The van der Waals surface area contributed by atoms with Crippen LogP contribution in [0.2, 0.25) is 0 Å². The average molecular weight is 248 g/mol. The molecule has 1 aliphatic rings. The zero-order valence-corrected chi connectivity index (χ0v) is 10.8. The first-order valence-corrected chi connectivity index (χ1v) is 6.38. The molecule has 1 saturated heterocycles. The lowest BCUT2D eigenvalue weighted by Crippen LogP contribution is -2.46. The highest BCUT2D eigenvalue weighted by molar-refractivity contribution is 5.94. The number of hydrogen-bond donors (Lipinski definition) is 1. The Hall–Kier alpha value is -1.39. The molecule has 4 heteroatoms. The van der Waals surface area contributed by atoms with Gasteiger partial charge in [0.1, 0.15) is 0 Å². The van der Waals surface area contributed by atoms with Crippen LogP contribution < -0.4 is 5.73 Å². The molecule has 1 amide bonds. The molecule has 0 aromatic heterocycles. The molecule has 4 nitrogen and oxygen atoms in total. The number of carbonyl (C=O) groups is 1. The fourth-order valence-corrected chi connectivity index (χ4v) is 2.23. The van der Waals surface area contributed by atoms with Gasteiger partial charge in [0.05, 0.1) is 12.7 Å². The monoisotopic (exact) mass is 248 g/mol. The summed E-state index contributed by atoms with van der Waals surface area (Å²) in [6.07, 6.45) is 0.884. The van der Waals surface area contributed by atoms with Gasteiger partial charge in [-0.15, -0.1) is 0 Å². The number of hydrogen-bond acceptors (Lipinski definition) is 3. The first kappa shape index (κ1) is 13.1. The summed E-state index contributed by atoms with van der Waals surface area (Å²) in [5.74, 6) is 0.0871. The third kappa shape index (κ3) is 3.09. The van der Waals surface area contributed by atoms with E-state index >= 15 is 0 Å². The summed E-state index contributed by atoms with van der Waals surface area (Å²) in [6, 6.07) is 7.70. The first-order chi connectivity index (χ1) is 8.70. The lowest BCUT2D eigenvalue weighted by Gasteiger charge is -2.33. The molecular weight excluding hydrogens is 228 g/mol. The fourth-order valence-electron chi connectivity index (χ4n) is 2.23. The van der Waals surface area contributed by atoms with Gasteiger partial charge in [-0.25, -0.2) is 0 Å². The van der Waals surface area contributed by atoms with Crippen molar-refractivity contribution in [3.63, 3.8) is 0 Å². The molecule has 2 rings (SSSR count). The van der Waals surface area contributed by atoms with Crippen LogP contribution in [0.5, 0.6) is 0 Å². The third-order valence-electron chi connectivity index (χ3n) is 3.18. The predicted molar refractivity (Wildman–Crippen MR) is 70.5 cm³/mol. The molecule has 2 N–H and O–H groups in total. The second-order valence-electron chi connectivity index (χ2n) is 4.69. The Balaban J connectivity index is 2.04. The van der Waals surface area contributed by atoms with Crippen molar-refractivity contribution in [3.05, 3.63) is 35.4 Å². The van der Waals surface area contributed by atoms with Crippen molar-refractivity contribution >= 4 is 5.91 Å². The molecule has 0 radical (unpaired) electrons. The number of amides is 1. The molecule has 1 atom stereocenters. The summed E-state index contributed by atoms with van der Waals surface area (Å²) in [6.45, 7) is 4.49. The molecule has 0 aliphatic carbocycles. The molecule has 0 spiro atoms. The number of carbonyl (C=O) groups excluding carboxylic acids is 1. The quantitative estimate of drug-likeness (QED) is 0.874. The van der Waals surface area contributed by atoms with Gasteiger partial charge < -0.3 is 15.4 Å². The average Bonchev–Trinajstić information content (AvgIpc) is 2.39. The highest BCUT2D eigenvalue weighted by Gasteiger charge is 2.24. The summed E-state index contributed by atoms with van der Waals surface area (Å²) in [4.78, 5) is 14.2. The molecule has 0 bridgehead atoms. The first-order valence-electron chi connectivity index (χ1n) is 6.38. The van der Waals surface area contributed by atoms with Crippen LogP contribution in [0.1, 0.15) is 22.3 Å². The molecule has 1 unspecified atom stereocenters. The molecule has 1 aromatic carbocycles. The molecule has 1 aliphatic heterocycles. The lowest BCUT2D eigenvalue weighted by atomic mass is 10.1. The number of nitrogens with two attached hydrogens (primary N) is 1. The molecule has 1 aromatic rings. The number of ether oxygens (including phenoxy) is 1. The van der Waals surface area contributed by atoms with Crippen LogP contribution in [0.15, 0.2) is 24.3 Å². The molecular formula is C14H20N2O2. The maximum absolute atomic E-state index is 12.3. The van der Waals surface area contributed by atoms with Crippen LogP contribution in [0.4, 0.5) is 0 Å². The summed E-state index contributed by atoms with van der Waals surface area (Å²) >= 11 is 0. The van der Waals surface area contributed by atoms with Crippen LogP contribution in [0.25, 0.3) is 0 Å². The zero-order chi connectivity index (χ0) is 13.0. The van der Waals surface area contributed by atoms with Crippen molar-refractivity contribution in [2.75, 3.05) is 26.2 Å². The minimum absolute atomic E-state index is 0.0810. The predicted octanol–water partition coefficient (Wildman–Crippen LogP) is 1.18. The second kappa shape index (κ2) is 5.98. The standard InChI is InChI=1S/C14H20N2O2/c1-11-3-2-4-12(9-11)14(17)16-7-8-18-13(10-16)5-6-15/h2-4,9,13H,5-8,10,15H2,1H3. The lowest BCUT2D eigenvalue weighted by molar-refractivity contribution is -0.0236. The van der Waals surface area contributed by atoms with Gasteiger partial charge in [0.2, 0.25) is 0 Å². The van der Waals surface area contributed by atoms with Gasteiger partial charge in [0, 0.05) is 18.7 Å². The van der Waals surface area contributed by atoms with Crippen molar-refractivity contribution in [1.82, 2.24) is 4.90 Å². The van der Waals surface area contributed by atoms with Crippen molar-refractivity contribution < 1.29 is 9.53 Å². The van der Waals surface area contributed by atoms with E-state index in [-0.39, 0.29) is 12.0 Å². The van der Waals surface area contributed by atoms with E-state index < -0.39 is 0 Å². The molecule has 1 heterocycles. The summed E-state index contributed by atoms with van der Waals surface area (Å²) in [7, 11) is 0. The summed E-state index contributed by atoms with van der Waals surface area (Å²) in [5, 5.41) is 0. The van der Waals surface area contributed by atoms with Crippen LogP contribution in [0, 0.1) is 6.92 Å². The Bertz CT molecular complexity index is 418. The van der Waals surface area contributed by atoms with E-state index in [1.807, 2.05) is 36.1 Å². The third-order valence-corrected chi connectivity index (χ3v) is 3.18. The van der Waals surface area contributed by atoms with Crippen molar-refractivity contribution in [3.8, 4) is 0 Å². The largest absolute Gasteiger partial charge is 0.374 e. The van der Waals surface area contributed by atoms with Gasteiger partial charge in [-0.3, -0.25) is 4.79 Å². The van der Waals surface area contributed by atoms with E-state index in [1.54, 1.807) is 0 Å². The van der Waals surface area contributed by atoms with E-state index in [4.69, 9.17) is 10.5 Å². The number of aryl methyl sites for hydroxylation is 1. The molecule has 98 valence electrons. The Morgan fingerprint density at radius 3 is 3.11 bits per heavy atom. The topological polar surface area (TPSA) is 55.6 Å². The van der Waals surface area contributed by atoms with E-state index in [1.165, 1.54) is 0 Å². The van der Waals surface area contributed by atoms with Gasteiger partial charge in [0.15, 0.2) is 0 Å². The Kier molecular flexibility index (Phi) is 4.33. The van der Waals surface area contributed by atoms with E-state index in [2.05, 4.69) is 0 Å². The van der Waals surface area contributed by atoms with Crippen LogP contribution in [-0.2, 0) is 4.74 Å². The zero-order valence-electron chi connectivity index (χ0n) is 10.8. The fraction of sp³-hybridized carbons (Fsp3) is 0.500. The second-order valence-corrected chi connectivity index (χ2v) is 4.69. The maximum Gasteiger partial charge on any atom is 0.254 e. The van der Waals surface area contributed by atoms with E-state index in [0.717, 1.165) is 17.5 Å². The van der Waals surface area contributed by atoms with Gasteiger partial charge in [-0.1, -0.05) is 17.7 Å². The van der Waals surface area contributed by atoms with E-state index in [0.29, 0.717) is 26.2 Å². The number of rotatable bonds is 3. The highest BCUT2D eigenvalue weighted by Crippen LogP contribution is 2.13. The minimum Gasteiger partial charge on any atom is -0.374 e. The number of morpholine rings is 1. The highest BCUT2D eigenvalue weighted by atomic mass is 16.5. The molecule has 0 saturated carbocycles. The van der Waals surface area contributed by atoms with Crippen molar-refractivity contribution in [2.45, 2.75) is 19.4 Å². The summed E-state index contributed by atoms with van der Waals surface area (Å²) < 4.78 is 5.58. The minimum atomic E-state index is 0.0810. The van der Waals surface area contributed by atoms with E-state index in [9.17, 15) is 4.79 Å². The van der Waals surface area contributed by atoms with Gasteiger partial charge in [-0.2, -0.15) is 0 Å². The number of benzene rings is 1. The van der Waals surface area contributed by atoms with Gasteiger partial charge in [-0.05, 0) is 32.0 Å². The van der Waals surface area contributed by atoms with Gasteiger partial charge >= 0.3 is 0 Å². The number of nitrogens with zero attached hydrogens (tertiary/aromatic N) is 1. The normalized spacial score (nSPS) is 19.9. The van der Waals surface area contributed by atoms with Crippen molar-refractivity contribution in [1.29, 1.82) is 0 Å². The van der Waals surface area contributed by atoms with Crippen molar-refractivity contribution in [2.24, 2.45) is 5.73 Å². The molecule has 1 fully saturated rings. The van der Waals surface area contributed by atoms with Gasteiger partial charge in [0.25, 0.3) is 5.91 Å². The Morgan fingerprint density at radius 1 is 1.56 bits per heavy atom. The van der Waals surface area contributed by atoms with Crippen LogP contribution in [-0.4, -0.2) is 43.2 Å². The smallest absolute Gasteiger partial charge is 0.254 e. The Morgan fingerprint density at radius 2 is 2.39 bits per heavy atom. The SMILES string of the molecule is Cc1cccc(C(=O)N2CCOC(CCN)C2)c1. The molecule has 18 heavy (non-hydrogen) atoms. The summed E-state index contributed by atoms with van der Waals surface area (Å²) in [5.41, 5.74) is 7.39. The Labute approximate surface area is 108 Å². The van der Waals surface area contributed by atoms with Crippen LogP contribution in [0.3, 0.4) is 0 Å².